The van der Waals surface area contributed by atoms with Gasteiger partial charge in [0.1, 0.15) is 6.54 Å². The van der Waals surface area contributed by atoms with Crippen LogP contribution in [0.25, 0.3) is 10.8 Å². The molecule has 3 aromatic carbocycles. The van der Waals surface area contributed by atoms with Crippen molar-refractivity contribution >= 4 is 28.6 Å². The first-order chi connectivity index (χ1) is 10.8. The van der Waals surface area contributed by atoms with Gasteiger partial charge in [0.15, 0.2) is 0 Å². The molecule has 0 aliphatic rings. The van der Waals surface area contributed by atoms with Crippen LogP contribution in [0.1, 0.15) is 11.1 Å². The summed E-state index contributed by atoms with van der Waals surface area (Å²) in [4.78, 5) is 4.32. The molecule has 1 nitrogen and oxygen atoms in total. The van der Waals surface area contributed by atoms with Crippen molar-refractivity contribution < 1.29 is 0 Å². The molecule has 0 atom stereocenters. The third kappa shape index (κ3) is 3.55. The van der Waals surface area contributed by atoms with Crippen molar-refractivity contribution in [2.75, 3.05) is 6.54 Å². The van der Waals surface area contributed by atoms with Gasteiger partial charge in [0, 0.05) is 16.8 Å². The van der Waals surface area contributed by atoms with Crippen LogP contribution in [0.2, 0.25) is 5.02 Å². The molecule has 0 heterocycles. The quantitative estimate of drug-likeness (QED) is 0.468. The molecule has 0 radical (unpaired) electrons. The van der Waals surface area contributed by atoms with E-state index < -0.39 is 0 Å². The molecule has 3 rings (SSSR count). The van der Waals surface area contributed by atoms with Crippen LogP contribution in [0.5, 0.6) is 0 Å². The van der Waals surface area contributed by atoms with Gasteiger partial charge in [-0.15, -0.1) is 0 Å². The maximum atomic E-state index is 5.84. The molecule has 0 aromatic heterocycles. The molecule has 2 heteroatoms. The second-order valence-corrected chi connectivity index (χ2v) is 5.29. The Balaban J connectivity index is 1.71. The third-order valence-corrected chi connectivity index (χ3v) is 3.55. The molecule has 0 N–H and O–H groups in total. The fraction of sp³-hybridized carbons (Fsp3) is 0.0500. The van der Waals surface area contributed by atoms with E-state index in [4.69, 9.17) is 11.6 Å². The Hall–Kier alpha value is -2.56. The topological polar surface area (TPSA) is 12.4 Å². The van der Waals surface area contributed by atoms with Crippen LogP contribution in [-0.4, -0.2) is 12.8 Å². The van der Waals surface area contributed by atoms with E-state index in [0.717, 1.165) is 16.1 Å². The number of rotatable bonds is 2. The van der Waals surface area contributed by atoms with Crippen LogP contribution in [0.3, 0.4) is 0 Å². The van der Waals surface area contributed by atoms with Gasteiger partial charge in [0.25, 0.3) is 0 Å². The van der Waals surface area contributed by atoms with Crippen LogP contribution in [0, 0.1) is 11.8 Å². The Labute approximate surface area is 135 Å². The number of hydrogen-bond acceptors (Lipinski definition) is 1. The van der Waals surface area contributed by atoms with Gasteiger partial charge in [-0.05, 0) is 34.5 Å². The second kappa shape index (κ2) is 6.93. The SMILES string of the molecule is Clc1ccc(C=NCC#Cc2cccc3ccccc23)cc1. The summed E-state index contributed by atoms with van der Waals surface area (Å²) in [7, 11) is 0. The maximum Gasteiger partial charge on any atom is 0.100 e. The molecule has 0 aliphatic carbocycles. The van der Waals surface area contributed by atoms with Gasteiger partial charge in [-0.3, -0.25) is 4.99 Å². The first-order valence-electron chi connectivity index (χ1n) is 7.05. The molecule has 0 spiro atoms. The highest BCUT2D eigenvalue weighted by Crippen LogP contribution is 2.17. The highest BCUT2D eigenvalue weighted by atomic mass is 35.5. The van der Waals surface area contributed by atoms with Gasteiger partial charge < -0.3 is 0 Å². The number of nitrogens with zero attached hydrogens (tertiary/aromatic N) is 1. The summed E-state index contributed by atoms with van der Waals surface area (Å²) in [6, 6.07) is 22.0. The van der Waals surface area contributed by atoms with Crippen LogP contribution in [0.15, 0.2) is 71.7 Å². The van der Waals surface area contributed by atoms with E-state index in [-0.39, 0.29) is 0 Å². The minimum absolute atomic E-state index is 0.478. The lowest BCUT2D eigenvalue weighted by Gasteiger charge is -1.99. The minimum atomic E-state index is 0.478. The first-order valence-corrected chi connectivity index (χ1v) is 7.43. The second-order valence-electron chi connectivity index (χ2n) is 4.85. The molecule has 0 unspecified atom stereocenters. The summed E-state index contributed by atoms with van der Waals surface area (Å²) < 4.78 is 0. The van der Waals surface area contributed by atoms with Gasteiger partial charge in [-0.25, -0.2) is 0 Å². The van der Waals surface area contributed by atoms with E-state index in [1.165, 1.54) is 10.8 Å². The van der Waals surface area contributed by atoms with Gasteiger partial charge in [0.2, 0.25) is 0 Å². The lowest BCUT2D eigenvalue weighted by molar-refractivity contribution is 1.30. The highest BCUT2D eigenvalue weighted by molar-refractivity contribution is 6.30. The van der Waals surface area contributed by atoms with Gasteiger partial charge >= 0.3 is 0 Å². The number of benzene rings is 3. The molecule has 0 saturated heterocycles. The van der Waals surface area contributed by atoms with Crippen molar-refractivity contribution in [2.24, 2.45) is 4.99 Å². The van der Waals surface area contributed by atoms with Crippen molar-refractivity contribution in [2.45, 2.75) is 0 Å². The summed E-state index contributed by atoms with van der Waals surface area (Å²) in [5.74, 6) is 6.30. The predicted octanol–water partition coefficient (Wildman–Crippen LogP) is 4.96. The zero-order valence-electron chi connectivity index (χ0n) is 12.0. The van der Waals surface area contributed by atoms with E-state index in [0.29, 0.717) is 6.54 Å². The Morgan fingerprint density at radius 1 is 0.909 bits per heavy atom. The summed E-state index contributed by atoms with van der Waals surface area (Å²) in [5, 5.41) is 3.12. The standard InChI is InChI=1S/C20H14ClN/c21-19-12-10-16(11-13-19)15-22-14-4-8-18-7-3-6-17-5-1-2-9-20(17)18/h1-3,5-7,9-13,15H,14H2. The number of aliphatic imine (C=N–C) groups is 1. The van der Waals surface area contributed by atoms with E-state index >= 15 is 0 Å². The average molecular weight is 304 g/mol. The Bertz CT molecular complexity index is 862. The molecular weight excluding hydrogens is 290 g/mol. The normalized spacial score (nSPS) is 10.6. The van der Waals surface area contributed by atoms with E-state index in [9.17, 15) is 0 Å². The number of hydrogen-bond donors (Lipinski definition) is 0. The molecule has 3 aromatic rings. The zero-order chi connectivity index (χ0) is 15.2. The zero-order valence-corrected chi connectivity index (χ0v) is 12.7. The van der Waals surface area contributed by atoms with Crippen LogP contribution in [-0.2, 0) is 0 Å². The highest BCUT2D eigenvalue weighted by Gasteiger charge is 1.95. The smallest absolute Gasteiger partial charge is 0.100 e. The minimum Gasteiger partial charge on any atom is -0.280 e. The largest absolute Gasteiger partial charge is 0.280 e. The van der Waals surface area contributed by atoms with E-state index in [2.05, 4.69) is 35.0 Å². The Morgan fingerprint density at radius 2 is 1.68 bits per heavy atom. The van der Waals surface area contributed by atoms with Crippen molar-refractivity contribution in [1.82, 2.24) is 0 Å². The van der Waals surface area contributed by atoms with Gasteiger partial charge in [-0.1, -0.05) is 72.0 Å². The van der Waals surface area contributed by atoms with Crippen molar-refractivity contribution in [3.8, 4) is 11.8 Å². The van der Waals surface area contributed by atoms with Gasteiger partial charge in [0.05, 0.1) is 0 Å². The van der Waals surface area contributed by atoms with Crippen molar-refractivity contribution in [3.63, 3.8) is 0 Å². The molecule has 0 amide bonds. The summed E-state index contributed by atoms with van der Waals surface area (Å²) in [6.45, 7) is 0.478. The molecule has 0 bridgehead atoms. The van der Waals surface area contributed by atoms with Gasteiger partial charge in [-0.2, -0.15) is 0 Å². The Morgan fingerprint density at radius 3 is 2.55 bits per heavy atom. The fourth-order valence-electron chi connectivity index (χ4n) is 2.21. The molecular formula is C20H14ClN. The number of halogens is 1. The van der Waals surface area contributed by atoms with Crippen molar-refractivity contribution in [3.05, 3.63) is 82.9 Å². The fourth-order valence-corrected chi connectivity index (χ4v) is 2.34. The molecule has 0 aliphatic heterocycles. The number of fused-ring (bicyclic) bond motifs is 1. The molecule has 0 saturated carbocycles. The molecule has 22 heavy (non-hydrogen) atoms. The van der Waals surface area contributed by atoms with Crippen LogP contribution in [0.4, 0.5) is 0 Å². The van der Waals surface area contributed by atoms with E-state index in [1.807, 2.05) is 54.7 Å². The summed E-state index contributed by atoms with van der Waals surface area (Å²) in [6.07, 6.45) is 1.81. The van der Waals surface area contributed by atoms with E-state index in [1.54, 1.807) is 0 Å². The third-order valence-electron chi connectivity index (χ3n) is 3.29. The lowest BCUT2D eigenvalue weighted by atomic mass is 10.1. The Kier molecular flexibility index (Phi) is 4.53. The van der Waals surface area contributed by atoms with Crippen LogP contribution < -0.4 is 0 Å². The maximum absolute atomic E-state index is 5.84. The monoisotopic (exact) mass is 303 g/mol. The van der Waals surface area contributed by atoms with Crippen LogP contribution >= 0.6 is 11.6 Å². The average Bonchev–Trinajstić information content (AvgIpc) is 2.56. The first kappa shape index (κ1) is 14.4. The molecule has 0 fully saturated rings. The molecule has 106 valence electrons. The lowest BCUT2D eigenvalue weighted by Crippen LogP contribution is -1.83. The summed E-state index contributed by atoms with van der Waals surface area (Å²) >= 11 is 5.84. The predicted molar refractivity (Wildman–Crippen MR) is 94.7 cm³/mol. The van der Waals surface area contributed by atoms with Crippen molar-refractivity contribution in [1.29, 1.82) is 0 Å². The summed E-state index contributed by atoms with van der Waals surface area (Å²) in [5.41, 5.74) is 2.07.